The predicted molar refractivity (Wildman–Crippen MR) is 70.1 cm³/mol. The van der Waals surface area contributed by atoms with Crippen molar-refractivity contribution in [3.05, 3.63) is 0 Å². The summed E-state index contributed by atoms with van der Waals surface area (Å²) in [5, 5.41) is 3.89. The lowest BCUT2D eigenvalue weighted by atomic mass is 9.57. The second-order valence-corrected chi connectivity index (χ2v) is 6.48. The molecular formula is C15H27NO. The van der Waals surface area contributed by atoms with Gasteiger partial charge in [-0.05, 0) is 56.4 Å². The molecule has 1 N–H and O–H groups in total. The van der Waals surface area contributed by atoms with Crippen molar-refractivity contribution in [2.45, 2.75) is 63.8 Å². The fraction of sp³-hybridized carbons (Fsp3) is 1.00. The molecule has 0 bridgehead atoms. The Morgan fingerprint density at radius 1 is 0.941 bits per heavy atom. The maximum absolute atomic E-state index is 5.43. The van der Waals surface area contributed by atoms with Gasteiger partial charge >= 0.3 is 0 Å². The normalized spacial score (nSPS) is 33.5. The molecule has 3 fully saturated rings. The van der Waals surface area contributed by atoms with Crippen LogP contribution in [0, 0.1) is 11.3 Å². The van der Waals surface area contributed by atoms with Gasteiger partial charge in [-0.1, -0.05) is 19.3 Å². The van der Waals surface area contributed by atoms with Crippen LogP contribution in [0.3, 0.4) is 0 Å². The first-order chi connectivity index (χ1) is 8.39. The lowest BCUT2D eigenvalue weighted by Gasteiger charge is -2.53. The van der Waals surface area contributed by atoms with E-state index in [0.29, 0.717) is 0 Å². The van der Waals surface area contributed by atoms with Crippen molar-refractivity contribution < 1.29 is 4.74 Å². The molecule has 1 aliphatic heterocycles. The number of hydrogen-bond donors (Lipinski definition) is 1. The van der Waals surface area contributed by atoms with Crippen LogP contribution in [0.15, 0.2) is 0 Å². The van der Waals surface area contributed by atoms with Crippen LogP contribution in [0.2, 0.25) is 0 Å². The highest BCUT2D eigenvalue weighted by Crippen LogP contribution is 2.51. The van der Waals surface area contributed by atoms with Gasteiger partial charge in [0.05, 0.1) is 0 Å². The molecule has 0 aromatic rings. The van der Waals surface area contributed by atoms with E-state index in [2.05, 4.69) is 5.32 Å². The highest BCUT2D eigenvalue weighted by atomic mass is 16.5. The molecule has 1 heterocycles. The number of rotatable bonds is 3. The van der Waals surface area contributed by atoms with Crippen LogP contribution in [-0.2, 0) is 4.74 Å². The van der Waals surface area contributed by atoms with E-state index in [-0.39, 0.29) is 0 Å². The van der Waals surface area contributed by atoms with Crippen LogP contribution >= 0.6 is 0 Å². The van der Waals surface area contributed by atoms with E-state index in [9.17, 15) is 0 Å². The summed E-state index contributed by atoms with van der Waals surface area (Å²) < 4.78 is 5.43. The van der Waals surface area contributed by atoms with E-state index in [4.69, 9.17) is 4.74 Å². The topological polar surface area (TPSA) is 21.3 Å². The second-order valence-electron chi connectivity index (χ2n) is 6.48. The molecular weight excluding hydrogens is 210 g/mol. The second kappa shape index (κ2) is 5.27. The summed E-state index contributed by atoms with van der Waals surface area (Å²) in [6.45, 7) is 3.22. The Bertz CT molecular complexity index is 241. The maximum Gasteiger partial charge on any atom is 0.0469 e. The van der Waals surface area contributed by atoms with Crippen molar-refractivity contribution in [2.75, 3.05) is 19.8 Å². The van der Waals surface area contributed by atoms with Crippen molar-refractivity contribution in [3.63, 3.8) is 0 Å². The van der Waals surface area contributed by atoms with Crippen molar-refractivity contribution in [3.8, 4) is 0 Å². The highest BCUT2D eigenvalue weighted by molar-refractivity contribution is 5.01. The van der Waals surface area contributed by atoms with Crippen LogP contribution in [-0.4, -0.2) is 25.8 Å². The van der Waals surface area contributed by atoms with Crippen molar-refractivity contribution in [2.24, 2.45) is 11.3 Å². The van der Waals surface area contributed by atoms with Crippen molar-refractivity contribution in [1.82, 2.24) is 5.32 Å². The summed E-state index contributed by atoms with van der Waals surface area (Å²) in [5.41, 5.74) is 0.726. The monoisotopic (exact) mass is 237 g/mol. The summed E-state index contributed by atoms with van der Waals surface area (Å²) in [4.78, 5) is 0. The molecule has 2 saturated carbocycles. The van der Waals surface area contributed by atoms with Crippen LogP contribution in [0.1, 0.15) is 57.8 Å². The van der Waals surface area contributed by atoms with Crippen molar-refractivity contribution >= 4 is 0 Å². The zero-order valence-electron chi connectivity index (χ0n) is 11.0. The Kier molecular flexibility index (Phi) is 3.72. The average molecular weight is 237 g/mol. The molecule has 0 aromatic carbocycles. The molecule has 1 spiro atoms. The van der Waals surface area contributed by atoms with Gasteiger partial charge in [-0.2, -0.15) is 0 Å². The fourth-order valence-corrected chi connectivity index (χ4v) is 4.13. The first kappa shape index (κ1) is 12.0. The lowest BCUT2D eigenvalue weighted by Crippen LogP contribution is -2.55. The SMILES string of the molecule is C1CCC2(CC1)CCC2NCC1CCOCC1. The van der Waals surface area contributed by atoms with Gasteiger partial charge in [0, 0.05) is 19.3 Å². The molecule has 2 aliphatic carbocycles. The van der Waals surface area contributed by atoms with Crippen LogP contribution in [0.4, 0.5) is 0 Å². The third-order valence-corrected chi connectivity index (χ3v) is 5.51. The lowest BCUT2D eigenvalue weighted by molar-refractivity contribution is 0.0139. The van der Waals surface area contributed by atoms with E-state index in [1.165, 1.54) is 64.3 Å². The van der Waals surface area contributed by atoms with Gasteiger partial charge < -0.3 is 10.1 Å². The Hall–Kier alpha value is -0.0800. The van der Waals surface area contributed by atoms with E-state index < -0.39 is 0 Å². The van der Waals surface area contributed by atoms with Crippen LogP contribution in [0.25, 0.3) is 0 Å². The van der Waals surface area contributed by atoms with Crippen molar-refractivity contribution in [1.29, 1.82) is 0 Å². The molecule has 3 rings (SSSR count). The molecule has 17 heavy (non-hydrogen) atoms. The van der Waals surface area contributed by atoms with E-state index >= 15 is 0 Å². The fourth-order valence-electron chi connectivity index (χ4n) is 4.13. The van der Waals surface area contributed by atoms with Gasteiger partial charge in [0.15, 0.2) is 0 Å². The molecule has 98 valence electrons. The highest BCUT2D eigenvalue weighted by Gasteiger charge is 2.46. The minimum atomic E-state index is 0.726. The molecule has 0 radical (unpaired) electrons. The zero-order valence-corrected chi connectivity index (χ0v) is 11.0. The molecule has 1 unspecified atom stereocenters. The summed E-state index contributed by atoms with van der Waals surface area (Å²) in [6, 6.07) is 0.852. The average Bonchev–Trinajstić information content (AvgIpc) is 2.40. The molecule has 2 heteroatoms. The quantitative estimate of drug-likeness (QED) is 0.814. The van der Waals surface area contributed by atoms with Gasteiger partial charge in [-0.15, -0.1) is 0 Å². The third kappa shape index (κ3) is 2.53. The third-order valence-electron chi connectivity index (χ3n) is 5.51. The first-order valence-corrected chi connectivity index (χ1v) is 7.70. The number of hydrogen-bond acceptors (Lipinski definition) is 2. The molecule has 3 aliphatic rings. The molecule has 1 atom stereocenters. The summed E-state index contributed by atoms with van der Waals surface area (Å²) in [5.74, 6) is 0.880. The summed E-state index contributed by atoms with van der Waals surface area (Å²) in [6.07, 6.45) is 12.9. The van der Waals surface area contributed by atoms with E-state index in [1.54, 1.807) is 0 Å². The zero-order chi connectivity index (χ0) is 11.6. The minimum Gasteiger partial charge on any atom is -0.381 e. The number of nitrogens with one attached hydrogen (secondary N) is 1. The molecule has 2 nitrogen and oxygen atoms in total. The molecule has 0 amide bonds. The minimum absolute atomic E-state index is 0.726. The van der Waals surface area contributed by atoms with Crippen LogP contribution < -0.4 is 5.32 Å². The largest absolute Gasteiger partial charge is 0.381 e. The Balaban J connectivity index is 1.45. The Morgan fingerprint density at radius 3 is 2.35 bits per heavy atom. The van der Waals surface area contributed by atoms with Gasteiger partial charge in [0.2, 0.25) is 0 Å². The molecule has 1 saturated heterocycles. The van der Waals surface area contributed by atoms with E-state index in [0.717, 1.165) is 30.6 Å². The maximum atomic E-state index is 5.43. The summed E-state index contributed by atoms with van der Waals surface area (Å²) in [7, 11) is 0. The Labute approximate surface area is 105 Å². The number of ether oxygens (including phenoxy) is 1. The van der Waals surface area contributed by atoms with Gasteiger partial charge in [0.25, 0.3) is 0 Å². The Morgan fingerprint density at radius 2 is 1.71 bits per heavy atom. The van der Waals surface area contributed by atoms with E-state index in [1.807, 2.05) is 0 Å². The molecule has 0 aromatic heterocycles. The summed E-state index contributed by atoms with van der Waals surface area (Å²) >= 11 is 0. The van der Waals surface area contributed by atoms with Crippen LogP contribution in [0.5, 0.6) is 0 Å². The standard InChI is InChI=1S/C15H27NO/c1-2-7-15(8-3-1)9-4-14(15)16-12-13-5-10-17-11-6-13/h13-14,16H,1-12H2. The van der Waals surface area contributed by atoms with Gasteiger partial charge in [-0.3, -0.25) is 0 Å². The predicted octanol–water partition coefficient (Wildman–Crippen LogP) is 3.12. The van der Waals surface area contributed by atoms with Gasteiger partial charge in [-0.25, -0.2) is 0 Å². The first-order valence-electron chi connectivity index (χ1n) is 7.70. The smallest absolute Gasteiger partial charge is 0.0469 e. The van der Waals surface area contributed by atoms with Gasteiger partial charge in [0.1, 0.15) is 0 Å².